The molecule has 1 fully saturated rings. The van der Waals surface area contributed by atoms with Gasteiger partial charge in [-0.1, -0.05) is 30.3 Å². The standard InChI is InChI=1S/C21H25N5O/c1-25-15-22-14-19(25)17-7-11-26(12-8-17)20(27)13-18(21-23-9-10-24-21)16-5-3-2-4-6-16/h2-6,9-10,14-15,17-18H,7-8,11-13H2,1H3,(H,23,24). The van der Waals surface area contributed by atoms with Crippen molar-refractivity contribution in [2.24, 2.45) is 7.05 Å². The Kier molecular flexibility index (Phi) is 5.05. The second-order valence-corrected chi connectivity index (χ2v) is 7.23. The first-order valence-electron chi connectivity index (χ1n) is 9.50. The van der Waals surface area contributed by atoms with Gasteiger partial charge in [-0.05, 0) is 18.4 Å². The fourth-order valence-corrected chi connectivity index (χ4v) is 4.01. The number of aryl methyl sites for hydroxylation is 1. The smallest absolute Gasteiger partial charge is 0.223 e. The molecule has 2 aromatic heterocycles. The Labute approximate surface area is 159 Å². The number of nitrogens with zero attached hydrogens (tertiary/aromatic N) is 4. The largest absolute Gasteiger partial charge is 0.348 e. The summed E-state index contributed by atoms with van der Waals surface area (Å²) in [5, 5.41) is 0. The van der Waals surface area contributed by atoms with Crippen molar-refractivity contribution in [2.45, 2.75) is 31.1 Å². The van der Waals surface area contributed by atoms with Gasteiger partial charge in [0.15, 0.2) is 0 Å². The van der Waals surface area contributed by atoms with Crippen LogP contribution in [0.1, 0.15) is 48.2 Å². The second-order valence-electron chi connectivity index (χ2n) is 7.23. The minimum absolute atomic E-state index is 0.0384. The molecule has 3 heterocycles. The summed E-state index contributed by atoms with van der Waals surface area (Å²) in [6.07, 6.45) is 9.77. The van der Waals surface area contributed by atoms with E-state index >= 15 is 0 Å². The van der Waals surface area contributed by atoms with Gasteiger partial charge >= 0.3 is 0 Å². The summed E-state index contributed by atoms with van der Waals surface area (Å²) in [6.45, 7) is 1.60. The van der Waals surface area contributed by atoms with E-state index in [1.807, 2.05) is 48.9 Å². The van der Waals surface area contributed by atoms with Crippen LogP contribution in [-0.2, 0) is 11.8 Å². The van der Waals surface area contributed by atoms with E-state index in [4.69, 9.17) is 0 Å². The lowest BCUT2D eigenvalue weighted by molar-refractivity contribution is -0.132. The third kappa shape index (κ3) is 3.79. The third-order valence-electron chi connectivity index (χ3n) is 5.55. The molecule has 0 spiro atoms. The maximum Gasteiger partial charge on any atom is 0.223 e. The fraction of sp³-hybridized carbons (Fsp3) is 0.381. The van der Waals surface area contributed by atoms with Crippen LogP contribution in [-0.4, -0.2) is 43.4 Å². The number of hydrogen-bond donors (Lipinski definition) is 1. The number of nitrogens with one attached hydrogen (secondary N) is 1. The normalized spacial score (nSPS) is 16.4. The van der Waals surface area contributed by atoms with Gasteiger partial charge in [0.2, 0.25) is 5.91 Å². The molecule has 27 heavy (non-hydrogen) atoms. The van der Waals surface area contributed by atoms with Crippen molar-refractivity contribution in [2.75, 3.05) is 13.1 Å². The summed E-state index contributed by atoms with van der Waals surface area (Å²) in [4.78, 5) is 26.8. The van der Waals surface area contributed by atoms with Crippen molar-refractivity contribution >= 4 is 5.91 Å². The van der Waals surface area contributed by atoms with Gasteiger partial charge in [-0.3, -0.25) is 4.79 Å². The van der Waals surface area contributed by atoms with Gasteiger partial charge in [0, 0.05) is 56.8 Å². The molecular formula is C21H25N5O. The van der Waals surface area contributed by atoms with Gasteiger partial charge in [0.25, 0.3) is 0 Å². The van der Waals surface area contributed by atoms with Crippen LogP contribution in [0.25, 0.3) is 0 Å². The van der Waals surface area contributed by atoms with Gasteiger partial charge < -0.3 is 14.5 Å². The Balaban J connectivity index is 1.43. The van der Waals surface area contributed by atoms with Crippen LogP contribution in [0.4, 0.5) is 0 Å². The van der Waals surface area contributed by atoms with Crippen LogP contribution in [0.2, 0.25) is 0 Å². The lowest BCUT2D eigenvalue weighted by Crippen LogP contribution is -2.38. The van der Waals surface area contributed by atoms with E-state index in [0.717, 1.165) is 37.3 Å². The molecule has 0 aliphatic carbocycles. The number of likely N-dealkylation sites (tertiary alicyclic amines) is 1. The Hall–Kier alpha value is -2.89. The zero-order valence-corrected chi connectivity index (χ0v) is 15.6. The van der Waals surface area contributed by atoms with Gasteiger partial charge in [0.1, 0.15) is 5.82 Å². The van der Waals surface area contributed by atoms with Crippen LogP contribution >= 0.6 is 0 Å². The third-order valence-corrected chi connectivity index (χ3v) is 5.55. The topological polar surface area (TPSA) is 66.8 Å². The molecule has 0 saturated carbocycles. The fourth-order valence-electron chi connectivity index (χ4n) is 4.01. The predicted molar refractivity (Wildman–Crippen MR) is 103 cm³/mol. The number of piperidine rings is 1. The maximum atomic E-state index is 13.0. The number of amides is 1. The SMILES string of the molecule is Cn1cncc1C1CCN(C(=O)CC(c2ccccc2)c2ncc[nH]2)CC1. The number of carbonyl (C=O) groups is 1. The zero-order chi connectivity index (χ0) is 18.6. The number of hydrogen-bond acceptors (Lipinski definition) is 3. The average Bonchev–Trinajstić information content (AvgIpc) is 3.38. The van der Waals surface area contributed by atoms with Crippen LogP contribution in [0.3, 0.4) is 0 Å². The van der Waals surface area contributed by atoms with Crippen molar-refractivity contribution in [3.63, 3.8) is 0 Å². The molecule has 1 aromatic carbocycles. The molecule has 1 unspecified atom stereocenters. The average molecular weight is 363 g/mol. The van der Waals surface area contributed by atoms with Crippen molar-refractivity contribution in [3.05, 3.63) is 72.3 Å². The lowest BCUT2D eigenvalue weighted by Gasteiger charge is -2.33. The van der Waals surface area contributed by atoms with Crippen LogP contribution in [0.15, 0.2) is 55.2 Å². The molecule has 3 aromatic rings. The summed E-state index contributed by atoms with van der Waals surface area (Å²) in [5.41, 5.74) is 2.38. The highest BCUT2D eigenvalue weighted by Gasteiger charge is 2.28. The highest BCUT2D eigenvalue weighted by Crippen LogP contribution is 2.30. The first kappa shape index (κ1) is 17.5. The highest BCUT2D eigenvalue weighted by molar-refractivity contribution is 5.77. The number of rotatable bonds is 5. The van der Waals surface area contributed by atoms with E-state index in [1.54, 1.807) is 6.20 Å². The second kappa shape index (κ2) is 7.78. The Morgan fingerprint density at radius 2 is 2.04 bits per heavy atom. The number of imidazole rings is 2. The first-order chi connectivity index (χ1) is 13.2. The van der Waals surface area contributed by atoms with Gasteiger partial charge in [0.05, 0.1) is 12.2 Å². The number of carbonyl (C=O) groups excluding carboxylic acids is 1. The summed E-state index contributed by atoms with van der Waals surface area (Å²) in [5.74, 6) is 1.49. The van der Waals surface area contributed by atoms with E-state index in [9.17, 15) is 4.79 Å². The molecule has 6 nitrogen and oxygen atoms in total. The molecule has 1 saturated heterocycles. The quantitative estimate of drug-likeness (QED) is 0.757. The van der Waals surface area contributed by atoms with Gasteiger partial charge in [-0.25, -0.2) is 9.97 Å². The van der Waals surface area contributed by atoms with Crippen molar-refractivity contribution in [1.29, 1.82) is 0 Å². The molecule has 140 valence electrons. The Bertz CT molecular complexity index is 863. The summed E-state index contributed by atoms with van der Waals surface area (Å²) in [6, 6.07) is 10.1. The number of H-pyrrole nitrogens is 1. The molecule has 1 aliphatic heterocycles. The summed E-state index contributed by atoms with van der Waals surface area (Å²) >= 11 is 0. The van der Waals surface area contributed by atoms with E-state index in [-0.39, 0.29) is 11.8 Å². The maximum absolute atomic E-state index is 13.0. The number of aromatic nitrogens is 4. The molecule has 6 heteroatoms. The molecule has 0 bridgehead atoms. The highest BCUT2D eigenvalue weighted by atomic mass is 16.2. The van der Waals surface area contributed by atoms with E-state index in [0.29, 0.717) is 12.3 Å². The predicted octanol–water partition coefficient (Wildman–Crippen LogP) is 3.07. The van der Waals surface area contributed by atoms with E-state index < -0.39 is 0 Å². The summed E-state index contributed by atoms with van der Waals surface area (Å²) < 4.78 is 2.09. The molecule has 4 rings (SSSR count). The van der Waals surface area contributed by atoms with Crippen LogP contribution in [0, 0.1) is 0 Å². The van der Waals surface area contributed by atoms with Crippen molar-refractivity contribution in [3.8, 4) is 0 Å². The molecular weight excluding hydrogens is 338 g/mol. The van der Waals surface area contributed by atoms with Gasteiger partial charge in [-0.15, -0.1) is 0 Å². The first-order valence-corrected chi connectivity index (χ1v) is 9.50. The minimum atomic E-state index is -0.0384. The lowest BCUT2D eigenvalue weighted by atomic mass is 9.91. The van der Waals surface area contributed by atoms with Crippen molar-refractivity contribution < 1.29 is 4.79 Å². The van der Waals surface area contributed by atoms with Gasteiger partial charge in [-0.2, -0.15) is 0 Å². The number of aromatic amines is 1. The van der Waals surface area contributed by atoms with E-state index in [2.05, 4.69) is 31.7 Å². The molecule has 1 amide bonds. The zero-order valence-electron chi connectivity index (χ0n) is 15.6. The van der Waals surface area contributed by atoms with Crippen LogP contribution in [0.5, 0.6) is 0 Å². The molecule has 1 aliphatic rings. The monoisotopic (exact) mass is 363 g/mol. The molecule has 1 N–H and O–H groups in total. The number of benzene rings is 1. The minimum Gasteiger partial charge on any atom is -0.348 e. The molecule has 0 radical (unpaired) electrons. The Morgan fingerprint density at radius 3 is 2.67 bits per heavy atom. The van der Waals surface area contributed by atoms with E-state index in [1.165, 1.54) is 5.69 Å². The molecule has 1 atom stereocenters. The summed E-state index contributed by atoms with van der Waals surface area (Å²) in [7, 11) is 2.04. The Morgan fingerprint density at radius 1 is 1.26 bits per heavy atom. The van der Waals surface area contributed by atoms with Crippen molar-refractivity contribution in [1.82, 2.24) is 24.4 Å². The van der Waals surface area contributed by atoms with Crippen LogP contribution < -0.4 is 0 Å².